The first-order valence-electron chi connectivity index (χ1n) is 8.74. The predicted molar refractivity (Wildman–Crippen MR) is 103 cm³/mol. The van der Waals surface area contributed by atoms with E-state index in [1.165, 1.54) is 6.07 Å². The molecular formula is C20H25FN4O. The summed E-state index contributed by atoms with van der Waals surface area (Å²) in [7, 11) is 1.96. The van der Waals surface area contributed by atoms with Crippen LogP contribution in [0.5, 0.6) is 0 Å². The van der Waals surface area contributed by atoms with E-state index in [1.54, 1.807) is 26.1 Å². The summed E-state index contributed by atoms with van der Waals surface area (Å²) >= 11 is 0. The van der Waals surface area contributed by atoms with Crippen LogP contribution in [-0.2, 0) is 6.42 Å². The fraction of sp³-hybridized carbons (Fsp3) is 0.400. The number of benzene rings is 1. The van der Waals surface area contributed by atoms with Gasteiger partial charge < -0.3 is 15.3 Å². The summed E-state index contributed by atoms with van der Waals surface area (Å²) in [4.78, 5) is 11.0. The van der Waals surface area contributed by atoms with Gasteiger partial charge in [-0.25, -0.2) is 9.37 Å². The molecule has 3 rings (SSSR count). The van der Waals surface area contributed by atoms with Crippen LogP contribution in [0.25, 0.3) is 6.08 Å². The summed E-state index contributed by atoms with van der Waals surface area (Å²) in [5.41, 5.74) is 1.83. The van der Waals surface area contributed by atoms with E-state index < -0.39 is 5.60 Å². The number of nitrogens with zero attached hydrogens (tertiary/aromatic N) is 3. The number of nitrogens with one attached hydrogen (secondary N) is 1. The number of hydrogen-bond donors (Lipinski definition) is 2. The zero-order valence-corrected chi connectivity index (χ0v) is 15.6. The van der Waals surface area contributed by atoms with Gasteiger partial charge in [-0.05, 0) is 50.5 Å². The van der Waals surface area contributed by atoms with Crippen molar-refractivity contribution in [1.82, 2.24) is 9.97 Å². The van der Waals surface area contributed by atoms with Gasteiger partial charge in [-0.15, -0.1) is 0 Å². The first-order chi connectivity index (χ1) is 12.2. The molecule has 0 bridgehead atoms. The zero-order chi connectivity index (χ0) is 18.9. The molecule has 1 aliphatic rings. The van der Waals surface area contributed by atoms with Gasteiger partial charge in [-0.3, -0.25) is 0 Å². The molecule has 0 saturated carbocycles. The number of likely N-dealkylation sites (N-methyl/N-ethyl adjacent to an activating group) is 1. The molecule has 0 spiro atoms. The van der Waals surface area contributed by atoms with Gasteiger partial charge in [0.05, 0.1) is 11.6 Å². The molecule has 5 nitrogen and oxygen atoms in total. The normalized spacial score (nSPS) is 15.3. The Labute approximate surface area is 153 Å². The van der Waals surface area contributed by atoms with Gasteiger partial charge in [0.25, 0.3) is 0 Å². The molecule has 1 aromatic heterocycles. The highest BCUT2D eigenvalue weighted by Crippen LogP contribution is 2.28. The fourth-order valence-electron chi connectivity index (χ4n) is 2.87. The number of aliphatic hydroxyl groups is 1. The maximum Gasteiger partial charge on any atom is 0.224 e. The van der Waals surface area contributed by atoms with Crippen LogP contribution in [-0.4, -0.2) is 40.3 Å². The van der Waals surface area contributed by atoms with Crippen LogP contribution < -0.4 is 10.2 Å². The minimum Gasteiger partial charge on any atom is -0.388 e. The molecular weight excluding hydrogens is 331 g/mol. The van der Waals surface area contributed by atoms with Crippen molar-refractivity contribution in [1.29, 1.82) is 0 Å². The van der Waals surface area contributed by atoms with Gasteiger partial charge in [0.15, 0.2) is 0 Å². The molecule has 0 aliphatic carbocycles. The molecule has 138 valence electrons. The number of aromatic nitrogens is 2. The van der Waals surface area contributed by atoms with Crippen molar-refractivity contribution < 1.29 is 9.50 Å². The summed E-state index contributed by atoms with van der Waals surface area (Å²) < 4.78 is 13.9. The van der Waals surface area contributed by atoms with Crippen LogP contribution in [0.1, 0.15) is 31.9 Å². The van der Waals surface area contributed by atoms with E-state index in [-0.39, 0.29) is 11.9 Å². The van der Waals surface area contributed by atoms with Gasteiger partial charge >= 0.3 is 0 Å². The number of halogens is 1. The second kappa shape index (κ2) is 7.03. The van der Waals surface area contributed by atoms with Gasteiger partial charge in [0.1, 0.15) is 11.6 Å². The number of rotatable bonds is 5. The summed E-state index contributed by atoms with van der Waals surface area (Å²) in [5.74, 6) is 1.12. The maximum absolute atomic E-state index is 13.9. The molecule has 0 saturated heterocycles. The number of fused-ring (bicyclic) bond motifs is 1. The molecule has 0 radical (unpaired) electrons. The Morgan fingerprint density at radius 3 is 2.77 bits per heavy atom. The van der Waals surface area contributed by atoms with E-state index in [1.807, 2.05) is 37.1 Å². The molecule has 1 atom stereocenters. The molecule has 0 fully saturated rings. The third-order valence-electron chi connectivity index (χ3n) is 4.74. The lowest BCUT2D eigenvalue weighted by molar-refractivity contribution is 0.0646. The van der Waals surface area contributed by atoms with Crippen molar-refractivity contribution in [2.75, 3.05) is 23.8 Å². The lowest BCUT2D eigenvalue weighted by Gasteiger charge is -2.29. The Balaban J connectivity index is 1.82. The Morgan fingerprint density at radius 2 is 2.08 bits per heavy atom. The molecule has 26 heavy (non-hydrogen) atoms. The Hall–Kier alpha value is -2.47. The molecule has 1 aromatic carbocycles. The smallest absolute Gasteiger partial charge is 0.224 e. The molecule has 0 unspecified atom stereocenters. The van der Waals surface area contributed by atoms with Crippen molar-refractivity contribution in [2.24, 2.45) is 0 Å². The van der Waals surface area contributed by atoms with Crippen LogP contribution in [0.3, 0.4) is 0 Å². The van der Waals surface area contributed by atoms with Crippen molar-refractivity contribution >= 4 is 17.8 Å². The van der Waals surface area contributed by atoms with Gasteiger partial charge in [0, 0.05) is 25.4 Å². The quantitative estimate of drug-likeness (QED) is 0.861. The van der Waals surface area contributed by atoms with Crippen molar-refractivity contribution in [2.45, 2.75) is 38.8 Å². The Kier molecular flexibility index (Phi) is 4.96. The lowest BCUT2D eigenvalue weighted by atomic mass is 9.99. The Morgan fingerprint density at radius 1 is 1.35 bits per heavy atom. The maximum atomic E-state index is 13.9. The molecule has 6 heteroatoms. The van der Waals surface area contributed by atoms with E-state index in [0.717, 1.165) is 17.0 Å². The first-order valence-corrected chi connectivity index (χ1v) is 8.74. The zero-order valence-electron chi connectivity index (χ0n) is 15.6. The van der Waals surface area contributed by atoms with Crippen LogP contribution in [0.4, 0.5) is 16.2 Å². The van der Waals surface area contributed by atoms with E-state index in [0.29, 0.717) is 24.5 Å². The van der Waals surface area contributed by atoms with E-state index in [2.05, 4.69) is 15.3 Å². The van der Waals surface area contributed by atoms with Crippen LogP contribution in [0.2, 0.25) is 0 Å². The van der Waals surface area contributed by atoms with Crippen molar-refractivity contribution in [3.63, 3.8) is 0 Å². The second-order valence-electron chi connectivity index (χ2n) is 7.42. The summed E-state index contributed by atoms with van der Waals surface area (Å²) in [6.07, 6.45) is 4.36. The predicted octanol–water partition coefficient (Wildman–Crippen LogP) is 3.26. The minimum absolute atomic E-state index is 0.182. The summed E-state index contributed by atoms with van der Waals surface area (Å²) in [6.45, 7) is 6.05. The molecule has 1 aliphatic heterocycles. The SMILES string of the molecule is C[C@H](Nc1ncc2c(n1)N(C)CC(Cc1ccccc1F)=C2)C(C)(C)O. The van der Waals surface area contributed by atoms with Gasteiger partial charge in [-0.1, -0.05) is 18.2 Å². The standard InChI is InChI=1S/C20H25FN4O/c1-13(20(2,3)26)23-19-22-11-16-10-14(12-25(4)18(16)24-19)9-15-7-5-6-8-17(15)21/h5-8,10-11,13,26H,9,12H2,1-4H3,(H,22,23,24)/t13-/m0/s1. The second-order valence-corrected chi connectivity index (χ2v) is 7.42. The van der Waals surface area contributed by atoms with E-state index in [9.17, 15) is 9.50 Å². The van der Waals surface area contributed by atoms with Crippen molar-refractivity contribution in [3.8, 4) is 0 Å². The third-order valence-corrected chi connectivity index (χ3v) is 4.74. The third kappa shape index (κ3) is 4.02. The van der Waals surface area contributed by atoms with E-state index >= 15 is 0 Å². The first kappa shape index (κ1) is 18.3. The minimum atomic E-state index is -0.877. The molecule has 2 N–H and O–H groups in total. The van der Waals surface area contributed by atoms with Gasteiger partial charge in [0.2, 0.25) is 5.95 Å². The highest BCUT2D eigenvalue weighted by molar-refractivity contribution is 5.70. The average molecular weight is 356 g/mol. The number of hydrogen-bond acceptors (Lipinski definition) is 5. The molecule has 2 heterocycles. The molecule has 2 aromatic rings. The van der Waals surface area contributed by atoms with Crippen LogP contribution >= 0.6 is 0 Å². The lowest BCUT2D eigenvalue weighted by Crippen LogP contribution is -2.40. The highest BCUT2D eigenvalue weighted by atomic mass is 19.1. The Bertz CT molecular complexity index is 829. The monoisotopic (exact) mass is 356 g/mol. The topological polar surface area (TPSA) is 61.3 Å². The van der Waals surface area contributed by atoms with Crippen LogP contribution in [0.15, 0.2) is 36.0 Å². The largest absolute Gasteiger partial charge is 0.388 e. The van der Waals surface area contributed by atoms with Crippen molar-refractivity contribution in [3.05, 3.63) is 53.0 Å². The van der Waals surface area contributed by atoms with E-state index in [4.69, 9.17) is 0 Å². The molecule has 0 amide bonds. The average Bonchev–Trinajstić information content (AvgIpc) is 2.57. The fourth-order valence-corrected chi connectivity index (χ4v) is 2.87. The van der Waals surface area contributed by atoms with Gasteiger partial charge in [-0.2, -0.15) is 4.98 Å². The summed E-state index contributed by atoms with van der Waals surface area (Å²) in [6, 6.07) is 6.66. The van der Waals surface area contributed by atoms with Crippen LogP contribution in [0, 0.1) is 5.82 Å². The highest BCUT2D eigenvalue weighted by Gasteiger charge is 2.24. The number of anilines is 2. The summed E-state index contributed by atoms with van der Waals surface area (Å²) in [5, 5.41) is 13.2.